The van der Waals surface area contributed by atoms with Crippen LogP contribution in [0.5, 0.6) is 17.2 Å². The molecule has 0 bridgehead atoms. The Bertz CT molecular complexity index is 1270. The molecular formula is C24H19NO4. The van der Waals surface area contributed by atoms with Crippen LogP contribution in [-0.4, -0.2) is 29.7 Å². The van der Waals surface area contributed by atoms with Crippen LogP contribution in [0.25, 0.3) is 22.2 Å². The molecule has 0 radical (unpaired) electrons. The summed E-state index contributed by atoms with van der Waals surface area (Å²) in [6, 6.07) is 18.1. The van der Waals surface area contributed by atoms with Gasteiger partial charge in [-0.05, 0) is 54.1 Å². The molecule has 1 aromatic heterocycles. The standard InChI is InChI=1S/C24H19NO4/c1-28-17-8-5-15-13-25-21-12-18(29-2)9-10-19(21)22(23(25)20(15)11-17)24(27)14-3-6-16(26)7-4-14/h3-12,26H,13H2,1-2H3. The maximum absolute atomic E-state index is 13.6. The molecular weight excluding hydrogens is 366 g/mol. The molecule has 29 heavy (non-hydrogen) atoms. The molecule has 5 heteroatoms. The van der Waals surface area contributed by atoms with E-state index in [1.807, 2.05) is 36.4 Å². The van der Waals surface area contributed by atoms with Gasteiger partial charge in [-0.25, -0.2) is 0 Å². The van der Waals surface area contributed by atoms with Crippen molar-refractivity contribution >= 4 is 16.7 Å². The molecule has 0 unspecified atom stereocenters. The number of hydrogen-bond acceptors (Lipinski definition) is 4. The van der Waals surface area contributed by atoms with Crippen molar-refractivity contribution in [2.24, 2.45) is 0 Å². The van der Waals surface area contributed by atoms with Crippen LogP contribution in [0, 0.1) is 0 Å². The summed E-state index contributed by atoms with van der Waals surface area (Å²) in [5.74, 6) is 1.55. The maximum atomic E-state index is 13.6. The van der Waals surface area contributed by atoms with Crippen LogP contribution in [0.3, 0.4) is 0 Å². The quantitative estimate of drug-likeness (QED) is 0.459. The zero-order valence-electron chi connectivity index (χ0n) is 16.1. The van der Waals surface area contributed by atoms with Crippen molar-refractivity contribution in [3.05, 3.63) is 77.4 Å². The molecule has 4 aromatic rings. The molecule has 1 aliphatic rings. The number of methoxy groups -OCH3 is 2. The van der Waals surface area contributed by atoms with Crippen molar-refractivity contribution in [1.82, 2.24) is 4.57 Å². The van der Waals surface area contributed by atoms with Gasteiger partial charge in [-0.15, -0.1) is 0 Å². The monoisotopic (exact) mass is 385 g/mol. The molecule has 5 rings (SSSR count). The van der Waals surface area contributed by atoms with Crippen molar-refractivity contribution in [3.63, 3.8) is 0 Å². The van der Waals surface area contributed by atoms with E-state index in [1.165, 1.54) is 12.1 Å². The number of fused-ring (bicyclic) bond motifs is 5. The van der Waals surface area contributed by atoms with Gasteiger partial charge in [0.2, 0.25) is 0 Å². The van der Waals surface area contributed by atoms with Crippen molar-refractivity contribution in [2.45, 2.75) is 6.54 Å². The van der Waals surface area contributed by atoms with Gasteiger partial charge in [0.1, 0.15) is 17.2 Å². The normalized spacial score (nSPS) is 11.9. The van der Waals surface area contributed by atoms with Crippen LogP contribution in [0.2, 0.25) is 0 Å². The van der Waals surface area contributed by atoms with Gasteiger partial charge in [-0.1, -0.05) is 6.07 Å². The molecule has 0 aliphatic carbocycles. The second-order valence-corrected chi connectivity index (χ2v) is 7.09. The van der Waals surface area contributed by atoms with Gasteiger partial charge in [0.05, 0.1) is 31.0 Å². The van der Waals surface area contributed by atoms with Crippen LogP contribution in [0.1, 0.15) is 21.5 Å². The van der Waals surface area contributed by atoms with Crippen LogP contribution < -0.4 is 9.47 Å². The number of rotatable bonds is 4. The average molecular weight is 385 g/mol. The summed E-state index contributed by atoms with van der Waals surface area (Å²) in [5, 5.41) is 10.5. The average Bonchev–Trinajstić information content (AvgIpc) is 3.27. The Morgan fingerprint density at radius 1 is 0.931 bits per heavy atom. The van der Waals surface area contributed by atoms with Crippen LogP contribution >= 0.6 is 0 Å². The summed E-state index contributed by atoms with van der Waals surface area (Å²) in [6.07, 6.45) is 0. The van der Waals surface area contributed by atoms with Crippen molar-refractivity contribution < 1.29 is 19.4 Å². The number of phenols is 1. The first kappa shape index (κ1) is 17.4. The van der Waals surface area contributed by atoms with Gasteiger partial charge in [0.15, 0.2) is 5.78 Å². The van der Waals surface area contributed by atoms with E-state index in [4.69, 9.17) is 9.47 Å². The molecule has 1 N–H and O–H groups in total. The Balaban J connectivity index is 1.81. The molecule has 144 valence electrons. The van der Waals surface area contributed by atoms with Crippen LogP contribution in [0.4, 0.5) is 0 Å². The van der Waals surface area contributed by atoms with Gasteiger partial charge >= 0.3 is 0 Å². The first-order valence-corrected chi connectivity index (χ1v) is 9.32. The fraction of sp³-hybridized carbons (Fsp3) is 0.125. The highest BCUT2D eigenvalue weighted by molar-refractivity contribution is 6.21. The Hall–Kier alpha value is -3.73. The molecule has 0 saturated heterocycles. The van der Waals surface area contributed by atoms with E-state index >= 15 is 0 Å². The summed E-state index contributed by atoms with van der Waals surface area (Å²) < 4.78 is 13.0. The van der Waals surface area contributed by atoms with E-state index < -0.39 is 0 Å². The SMILES string of the molecule is COc1ccc2c(c1)-c1c(C(=O)c3ccc(O)cc3)c3ccc(OC)cc3n1C2. The second-order valence-electron chi connectivity index (χ2n) is 7.09. The maximum Gasteiger partial charge on any atom is 0.195 e. The van der Waals surface area contributed by atoms with Crippen molar-refractivity contribution in [2.75, 3.05) is 14.2 Å². The van der Waals surface area contributed by atoms with E-state index in [0.717, 1.165) is 39.2 Å². The number of carbonyl (C=O) groups is 1. The number of benzene rings is 3. The molecule has 0 amide bonds. The highest BCUT2D eigenvalue weighted by Gasteiger charge is 2.30. The summed E-state index contributed by atoms with van der Waals surface area (Å²) in [6.45, 7) is 0.682. The predicted molar refractivity (Wildman–Crippen MR) is 111 cm³/mol. The second kappa shape index (κ2) is 6.41. The van der Waals surface area contributed by atoms with E-state index in [9.17, 15) is 9.90 Å². The smallest absolute Gasteiger partial charge is 0.195 e. The third-order valence-electron chi connectivity index (χ3n) is 5.53. The minimum Gasteiger partial charge on any atom is -0.508 e. The van der Waals surface area contributed by atoms with E-state index in [2.05, 4.69) is 4.57 Å². The lowest BCUT2D eigenvalue weighted by Gasteiger charge is -2.07. The van der Waals surface area contributed by atoms with Crippen LogP contribution in [0.15, 0.2) is 60.7 Å². The minimum absolute atomic E-state index is 0.0791. The Kier molecular flexibility index (Phi) is 3.84. The third-order valence-corrected chi connectivity index (χ3v) is 5.53. The molecule has 2 heterocycles. The largest absolute Gasteiger partial charge is 0.508 e. The van der Waals surface area contributed by atoms with Gasteiger partial charge in [0, 0.05) is 29.1 Å². The third kappa shape index (κ3) is 2.58. The van der Waals surface area contributed by atoms with Gasteiger partial charge in [-0.2, -0.15) is 0 Å². The zero-order valence-corrected chi connectivity index (χ0v) is 16.1. The molecule has 0 fully saturated rings. The molecule has 0 spiro atoms. The fourth-order valence-electron chi connectivity index (χ4n) is 4.10. The molecule has 1 aliphatic heterocycles. The molecule has 5 nitrogen and oxygen atoms in total. The zero-order chi connectivity index (χ0) is 20.1. The van der Waals surface area contributed by atoms with Crippen molar-refractivity contribution in [1.29, 1.82) is 0 Å². The van der Waals surface area contributed by atoms with E-state index in [0.29, 0.717) is 17.7 Å². The van der Waals surface area contributed by atoms with Gasteiger partial charge in [-0.3, -0.25) is 4.79 Å². The first-order chi connectivity index (χ1) is 14.1. The molecule has 3 aromatic carbocycles. The summed E-state index contributed by atoms with van der Waals surface area (Å²) in [4.78, 5) is 13.6. The summed E-state index contributed by atoms with van der Waals surface area (Å²) in [5.41, 5.74) is 5.18. The Morgan fingerprint density at radius 2 is 1.62 bits per heavy atom. The number of aromatic hydroxyl groups is 1. The summed E-state index contributed by atoms with van der Waals surface area (Å²) >= 11 is 0. The lowest BCUT2D eigenvalue weighted by atomic mass is 9.96. The summed E-state index contributed by atoms with van der Waals surface area (Å²) in [7, 11) is 3.27. The fourth-order valence-corrected chi connectivity index (χ4v) is 4.10. The molecule has 0 atom stereocenters. The van der Waals surface area contributed by atoms with Gasteiger partial charge < -0.3 is 19.1 Å². The number of ketones is 1. The number of ether oxygens (including phenoxy) is 2. The number of carbonyl (C=O) groups excluding carboxylic acids is 1. The lowest BCUT2D eigenvalue weighted by molar-refractivity contribution is 0.104. The number of nitrogens with zero attached hydrogens (tertiary/aromatic N) is 1. The van der Waals surface area contributed by atoms with E-state index in [-0.39, 0.29) is 11.5 Å². The Labute approximate surface area is 167 Å². The highest BCUT2D eigenvalue weighted by atomic mass is 16.5. The predicted octanol–water partition coefficient (Wildman–Crippen LogP) is 4.62. The van der Waals surface area contributed by atoms with E-state index in [1.54, 1.807) is 26.4 Å². The number of hydrogen-bond donors (Lipinski definition) is 1. The molecule has 0 saturated carbocycles. The highest BCUT2D eigenvalue weighted by Crippen LogP contribution is 2.44. The lowest BCUT2D eigenvalue weighted by Crippen LogP contribution is -2.02. The Morgan fingerprint density at radius 3 is 2.34 bits per heavy atom. The van der Waals surface area contributed by atoms with Crippen molar-refractivity contribution in [3.8, 4) is 28.5 Å². The number of aromatic nitrogens is 1. The van der Waals surface area contributed by atoms with Crippen LogP contribution in [-0.2, 0) is 6.54 Å². The van der Waals surface area contributed by atoms with Gasteiger partial charge in [0.25, 0.3) is 0 Å². The number of phenolic OH excluding ortho intramolecular Hbond substituents is 1. The first-order valence-electron chi connectivity index (χ1n) is 9.32. The topological polar surface area (TPSA) is 60.7 Å². The minimum atomic E-state index is -0.0791.